The second-order valence-electron chi connectivity index (χ2n) is 7.72. The molecule has 11 heteroatoms. The van der Waals surface area contributed by atoms with E-state index in [1.807, 2.05) is 0 Å². The maximum Gasteiger partial charge on any atom is 0.255 e. The van der Waals surface area contributed by atoms with Gasteiger partial charge in [0, 0.05) is 39.3 Å². The fourth-order valence-electron chi connectivity index (χ4n) is 3.91. The van der Waals surface area contributed by atoms with E-state index in [-0.39, 0.29) is 66.2 Å². The zero-order chi connectivity index (χ0) is 23.6. The number of sulfonamides is 1. The Morgan fingerprint density at radius 2 is 1.42 bits per heavy atom. The minimum absolute atomic E-state index is 0.0285. The van der Waals surface area contributed by atoms with Crippen molar-refractivity contribution >= 4 is 33.4 Å². The van der Waals surface area contributed by atoms with Gasteiger partial charge in [-0.05, 0) is 30.3 Å². The van der Waals surface area contributed by atoms with Crippen molar-refractivity contribution < 1.29 is 27.1 Å². The summed E-state index contributed by atoms with van der Waals surface area (Å²) in [5.74, 6) is -1.28. The van der Waals surface area contributed by atoms with Crippen LogP contribution in [0.2, 0.25) is 5.02 Å². The van der Waals surface area contributed by atoms with Gasteiger partial charge in [-0.3, -0.25) is 9.59 Å². The Kier molecular flexibility index (Phi) is 6.99. The van der Waals surface area contributed by atoms with Gasteiger partial charge in [0.05, 0.1) is 34.3 Å². The van der Waals surface area contributed by atoms with Gasteiger partial charge in [0.25, 0.3) is 11.8 Å². The number of carbonyl (C=O) groups is 2. The van der Waals surface area contributed by atoms with E-state index in [1.165, 1.54) is 33.5 Å². The summed E-state index contributed by atoms with van der Waals surface area (Å²) in [6, 6.07) is 9.75. The molecule has 2 aliphatic heterocycles. The lowest BCUT2D eigenvalue weighted by Gasteiger charge is -2.35. The summed E-state index contributed by atoms with van der Waals surface area (Å²) >= 11 is 6.01. The number of rotatable bonds is 4. The quantitative estimate of drug-likeness (QED) is 0.648. The minimum Gasteiger partial charge on any atom is -0.379 e. The highest BCUT2D eigenvalue weighted by Gasteiger charge is 2.33. The van der Waals surface area contributed by atoms with Crippen molar-refractivity contribution in [3.63, 3.8) is 0 Å². The Bertz CT molecular complexity index is 1160. The highest BCUT2D eigenvalue weighted by Crippen LogP contribution is 2.24. The summed E-state index contributed by atoms with van der Waals surface area (Å²) in [7, 11) is -3.85. The summed E-state index contributed by atoms with van der Waals surface area (Å²) in [6.45, 7) is 2.04. The number of piperazine rings is 1. The predicted molar refractivity (Wildman–Crippen MR) is 119 cm³/mol. The average Bonchev–Trinajstić information content (AvgIpc) is 2.84. The predicted octanol–water partition coefficient (Wildman–Crippen LogP) is 2.10. The number of hydrogen-bond acceptors (Lipinski definition) is 5. The topological polar surface area (TPSA) is 87.2 Å². The molecule has 0 atom stereocenters. The Labute approximate surface area is 196 Å². The Morgan fingerprint density at radius 1 is 0.848 bits per heavy atom. The molecule has 8 nitrogen and oxygen atoms in total. The lowest BCUT2D eigenvalue weighted by molar-refractivity contribution is 0.0533. The molecule has 0 bridgehead atoms. The smallest absolute Gasteiger partial charge is 0.255 e. The van der Waals surface area contributed by atoms with Crippen molar-refractivity contribution in [2.24, 2.45) is 0 Å². The van der Waals surface area contributed by atoms with E-state index in [0.717, 1.165) is 6.07 Å². The van der Waals surface area contributed by atoms with Crippen molar-refractivity contribution in [1.82, 2.24) is 14.1 Å². The molecule has 176 valence electrons. The molecule has 2 aromatic carbocycles. The Morgan fingerprint density at radius 3 is 2.03 bits per heavy atom. The molecule has 0 N–H and O–H groups in total. The molecule has 2 fully saturated rings. The molecule has 33 heavy (non-hydrogen) atoms. The molecule has 2 aliphatic rings. The molecule has 4 rings (SSSR count). The highest BCUT2D eigenvalue weighted by atomic mass is 35.5. The number of ether oxygens (including phenoxy) is 1. The second kappa shape index (κ2) is 9.76. The monoisotopic (exact) mass is 495 g/mol. The zero-order valence-electron chi connectivity index (χ0n) is 17.7. The number of nitrogens with zero attached hydrogens (tertiary/aromatic N) is 3. The van der Waals surface area contributed by atoms with Gasteiger partial charge in [0.1, 0.15) is 5.82 Å². The van der Waals surface area contributed by atoms with Crippen molar-refractivity contribution in [3.05, 3.63) is 64.4 Å². The van der Waals surface area contributed by atoms with E-state index < -0.39 is 21.7 Å². The van der Waals surface area contributed by atoms with E-state index >= 15 is 0 Å². The van der Waals surface area contributed by atoms with Crippen LogP contribution in [0.15, 0.2) is 47.4 Å². The van der Waals surface area contributed by atoms with Gasteiger partial charge in [-0.1, -0.05) is 23.7 Å². The first-order chi connectivity index (χ1) is 15.8. The molecular weight excluding hydrogens is 473 g/mol. The lowest BCUT2D eigenvalue weighted by atomic mass is 10.1. The lowest BCUT2D eigenvalue weighted by Crippen LogP contribution is -2.51. The van der Waals surface area contributed by atoms with E-state index in [1.54, 1.807) is 17.0 Å². The summed E-state index contributed by atoms with van der Waals surface area (Å²) < 4.78 is 46.2. The van der Waals surface area contributed by atoms with E-state index in [2.05, 4.69) is 0 Å². The molecule has 2 amide bonds. The maximum absolute atomic E-state index is 13.3. The van der Waals surface area contributed by atoms with E-state index in [4.69, 9.17) is 16.3 Å². The van der Waals surface area contributed by atoms with Gasteiger partial charge in [-0.15, -0.1) is 0 Å². The first kappa shape index (κ1) is 23.6. The standard InChI is InChI=1S/C22H23ClFN3O5S/c23-19-15-16(24)5-6-17(19)21(28)25-7-9-26(10-8-25)22(29)18-3-1-2-4-20(18)33(30,31)27-11-13-32-14-12-27/h1-6,15H,7-14H2. The largest absolute Gasteiger partial charge is 0.379 e. The molecule has 2 heterocycles. The molecule has 2 aromatic rings. The third kappa shape index (κ3) is 4.89. The van der Waals surface area contributed by atoms with Gasteiger partial charge >= 0.3 is 0 Å². The third-order valence-electron chi connectivity index (χ3n) is 5.72. The summed E-state index contributed by atoms with van der Waals surface area (Å²) in [4.78, 5) is 29.0. The van der Waals surface area contributed by atoms with Crippen LogP contribution >= 0.6 is 11.6 Å². The summed E-state index contributed by atoms with van der Waals surface area (Å²) in [5.41, 5.74) is 0.296. The molecule has 0 spiro atoms. The van der Waals surface area contributed by atoms with Gasteiger partial charge in [0.15, 0.2) is 0 Å². The number of hydrogen-bond donors (Lipinski definition) is 0. The van der Waals surface area contributed by atoms with Crippen LogP contribution in [-0.4, -0.2) is 86.8 Å². The molecule has 0 radical (unpaired) electrons. The molecule has 2 saturated heterocycles. The number of amides is 2. The van der Waals surface area contributed by atoms with Crippen LogP contribution in [0.25, 0.3) is 0 Å². The van der Waals surface area contributed by atoms with Crippen molar-refractivity contribution in [1.29, 1.82) is 0 Å². The maximum atomic E-state index is 13.3. The van der Waals surface area contributed by atoms with Gasteiger partial charge in [-0.25, -0.2) is 12.8 Å². The van der Waals surface area contributed by atoms with Gasteiger partial charge < -0.3 is 14.5 Å². The molecule has 0 aromatic heterocycles. The Balaban J connectivity index is 1.48. The van der Waals surface area contributed by atoms with Crippen molar-refractivity contribution in [3.8, 4) is 0 Å². The van der Waals surface area contributed by atoms with Crippen molar-refractivity contribution in [2.75, 3.05) is 52.5 Å². The fourth-order valence-corrected chi connectivity index (χ4v) is 5.75. The van der Waals surface area contributed by atoms with Gasteiger partial charge in [0.2, 0.25) is 10.0 Å². The molecular formula is C22H23ClFN3O5S. The van der Waals surface area contributed by atoms with Gasteiger partial charge in [-0.2, -0.15) is 4.31 Å². The number of halogens is 2. The molecule has 0 aliphatic carbocycles. The molecule has 0 saturated carbocycles. The van der Waals surface area contributed by atoms with Crippen LogP contribution in [0.3, 0.4) is 0 Å². The first-order valence-corrected chi connectivity index (χ1v) is 12.3. The summed E-state index contributed by atoms with van der Waals surface area (Å²) in [5, 5.41) is 0.0285. The van der Waals surface area contributed by atoms with Crippen LogP contribution in [0, 0.1) is 5.82 Å². The SMILES string of the molecule is O=C(c1ccc(F)cc1Cl)N1CCN(C(=O)c2ccccc2S(=O)(=O)N2CCOCC2)CC1. The van der Waals surface area contributed by atoms with E-state index in [0.29, 0.717) is 13.2 Å². The van der Waals surface area contributed by atoms with Crippen LogP contribution in [0.5, 0.6) is 0 Å². The average molecular weight is 496 g/mol. The van der Waals surface area contributed by atoms with Crippen molar-refractivity contribution in [2.45, 2.75) is 4.90 Å². The minimum atomic E-state index is -3.85. The van der Waals surface area contributed by atoms with Crippen LogP contribution in [0.4, 0.5) is 4.39 Å². The number of benzene rings is 2. The second-order valence-corrected chi connectivity index (χ2v) is 10.0. The fraction of sp³-hybridized carbons (Fsp3) is 0.364. The normalized spacial score (nSPS) is 17.8. The number of carbonyl (C=O) groups excluding carboxylic acids is 2. The van der Waals surface area contributed by atoms with Crippen LogP contribution in [0.1, 0.15) is 20.7 Å². The molecule has 0 unspecified atom stereocenters. The third-order valence-corrected chi connectivity index (χ3v) is 7.99. The Hall–Kier alpha value is -2.53. The van der Waals surface area contributed by atoms with Crippen LogP contribution in [-0.2, 0) is 14.8 Å². The first-order valence-electron chi connectivity index (χ1n) is 10.5. The summed E-state index contributed by atoms with van der Waals surface area (Å²) in [6.07, 6.45) is 0. The van der Waals surface area contributed by atoms with Crippen LogP contribution < -0.4 is 0 Å². The zero-order valence-corrected chi connectivity index (χ0v) is 19.3. The highest BCUT2D eigenvalue weighted by molar-refractivity contribution is 7.89. The van der Waals surface area contributed by atoms with E-state index in [9.17, 15) is 22.4 Å². The number of morpholine rings is 1.